The van der Waals surface area contributed by atoms with Crippen molar-refractivity contribution < 1.29 is 9.59 Å². The van der Waals surface area contributed by atoms with Gasteiger partial charge >= 0.3 is 0 Å². The van der Waals surface area contributed by atoms with Gasteiger partial charge in [-0.25, -0.2) is 0 Å². The van der Waals surface area contributed by atoms with E-state index in [1.807, 2.05) is 24.3 Å². The summed E-state index contributed by atoms with van der Waals surface area (Å²) in [5, 5.41) is 3.08. The second-order valence-corrected chi connectivity index (χ2v) is 5.86. The zero-order valence-corrected chi connectivity index (χ0v) is 12.7. The molecule has 0 bridgehead atoms. The molecule has 1 aromatic carbocycles. The average molecular weight is 340 g/mol. The number of nitrogens with one attached hydrogen (secondary N) is 1. The van der Waals surface area contributed by atoms with Crippen LogP contribution in [0.1, 0.15) is 12.8 Å². The fourth-order valence-electron chi connectivity index (χ4n) is 2.29. The Balaban J connectivity index is 1.85. The number of likely N-dealkylation sites (tertiary alicyclic amines) is 1. The fourth-order valence-corrected chi connectivity index (χ4v) is 2.56. The molecule has 20 heavy (non-hydrogen) atoms. The van der Waals surface area contributed by atoms with Gasteiger partial charge in [0.25, 0.3) is 0 Å². The molecule has 0 saturated carbocycles. The number of benzene rings is 1. The molecule has 1 unspecified atom stereocenters. The van der Waals surface area contributed by atoms with Crippen molar-refractivity contribution in [3.63, 3.8) is 0 Å². The predicted molar refractivity (Wildman–Crippen MR) is 81.1 cm³/mol. The van der Waals surface area contributed by atoms with Crippen LogP contribution in [0.4, 0.5) is 5.69 Å². The van der Waals surface area contributed by atoms with E-state index < -0.39 is 0 Å². The molecule has 2 amide bonds. The van der Waals surface area contributed by atoms with Crippen molar-refractivity contribution in [1.82, 2.24) is 4.90 Å². The summed E-state index contributed by atoms with van der Waals surface area (Å²) in [7, 11) is 0. The first-order chi connectivity index (χ1) is 9.56. The SMILES string of the molecule is NC(=O)C1CCCN(C(=O)CNc2ccc(Br)cc2)C1. The zero-order chi connectivity index (χ0) is 14.5. The monoisotopic (exact) mass is 339 g/mol. The summed E-state index contributed by atoms with van der Waals surface area (Å²) in [5.74, 6) is -0.525. The van der Waals surface area contributed by atoms with E-state index in [4.69, 9.17) is 5.73 Å². The second-order valence-electron chi connectivity index (χ2n) is 4.94. The number of hydrogen-bond acceptors (Lipinski definition) is 3. The number of rotatable bonds is 4. The highest BCUT2D eigenvalue weighted by Crippen LogP contribution is 2.17. The molecule has 1 aliphatic heterocycles. The van der Waals surface area contributed by atoms with Crippen LogP contribution in [-0.2, 0) is 9.59 Å². The van der Waals surface area contributed by atoms with Gasteiger partial charge < -0.3 is 16.0 Å². The first-order valence-electron chi connectivity index (χ1n) is 6.63. The number of carbonyl (C=O) groups excluding carboxylic acids is 2. The quantitative estimate of drug-likeness (QED) is 0.874. The molecular formula is C14H18BrN3O2. The maximum atomic E-state index is 12.1. The number of piperidine rings is 1. The molecule has 108 valence electrons. The Morgan fingerprint density at radius 2 is 2.05 bits per heavy atom. The predicted octanol–water partition coefficient (Wildman–Crippen LogP) is 1.58. The van der Waals surface area contributed by atoms with Gasteiger partial charge in [0.15, 0.2) is 0 Å². The third kappa shape index (κ3) is 3.96. The molecule has 2 rings (SSSR count). The molecular weight excluding hydrogens is 322 g/mol. The minimum Gasteiger partial charge on any atom is -0.376 e. The summed E-state index contributed by atoms with van der Waals surface area (Å²) in [6.07, 6.45) is 1.61. The first kappa shape index (κ1) is 14.8. The summed E-state index contributed by atoms with van der Waals surface area (Å²) in [4.78, 5) is 25.0. The largest absolute Gasteiger partial charge is 0.376 e. The second kappa shape index (κ2) is 6.74. The molecule has 1 aromatic rings. The van der Waals surface area contributed by atoms with Crippen molar-refractivity contribution in [3.05, 3.63) is 28.7 Å². The smallest absolute Gasteiger partial charge is 0.241 e. The Bertz CT molecular complexity index is 490. The van der Waals surface area contributed by atoms with Crippen LogP contribution in [0.15, 0.2) is 28.7 Å². The molecule has 1 atom stereocenters. The van der Waals surface area contributed by atoms with Gasteiger partial charge in [0.2, 0.25) is 11.8 Å². The molecule has 0 radical (unpaired) electrons. The van der Waals surface area contributed by atoms with Crippen LogP contribution in [0.3, 0.4) is 0 Å². The van der Waals surface area contributed by atoms with Gasteiger partial charge in [-0.3, -0.25) is 9.59 Å². The highest BCUT2D eigenvalue weighted by atomic mass is 79.9. The number of carbonyl (C=O) groups is 2. The lowest BCUT2D eigenvalue weighted by atomic mass is 9.97. The van der Waals surface area contributed by atoms with E-state index in [0.29, 0.717) is 13.1 Å². The van der Waals surface area contributed by atoms with Crippen LogP contribution < -0.4 is 11.1 Å². The number of nitrogens with zero attached hydrogens (tertiary/aromatic N) is 1. The standard InChI is InChI=1S/C14H18BrN3O2/c15-11-3-5-12(6-4-11)17-8-13(19)18-7-1-2-10(9-18)14(16)20/h3-6,10,17H,1-2,7-9H2,(H2,16,20). The van der Waals surface area contributed by atoms with Gasteiger partial charge in [-0.15, -0.1) is 0 Å². The summed E-state index contributed by atoms with van der Waals surface area (Å²) in [5.41, 5.74) is 6.21. The van der Waals surface area contributed by atoms with E-state index in [-0.39, 0.29) is 24.3 Å². The van der Waals surface area contributed by atoms with E-state index >= 15 is 0 Å². The van der Waals surface area contributed by atoms with E-state index in [1.54, 1.807) is 4.90 Å². The highest BCUT2D eigenvalue weighted by Gasteiger charge is 2.26. The molecule has 1 heterocycles. The number of halogens is 1. The van der Waals surface area contributed by atoms with Gasteiger partial charge in [0.05, 0.1) is 12.5 Å². The minimum absolute atomic E-state index is 0.00105. The van der Waals surface area contributed by atoms with Crippen LogP contribution in [0.25, 0.3) is 0 Å². The van der Waals surface area contributed by atoms with Crippen molar-refractivity contribution in [3.8, 4) is 0 Å². The maximum absolute atomic E-state index is 12.1. The van der Waals surface area contributed by atoms with E-state index in [9.17, 15) is 9.59 Å². The third-order valence-electron chi connectivity index (χ3n) is 3.46. The molecule has 1 fully saturated rings. The van der Waals surface area contributed by atoms with Gasteiger partial charge in [0.1, 0.15) is 0 Å². The number of primary amides is 1. The molecule has 0 spiro atoms. The normalized spacial score (nSPS) is 18.6. The van der Waals surface area contributed by atoms with E-state index in [1.165, 1.54) is 0 Å². The summed E-state index contributed by atoms with van der Waals surface area (Å²) < 4.78 is 0.995. The Labute approximate surface area is 126 Å². The maximum Gasteiger partial charge on any atom is 0.241 e. The number of amides is 2. The van der Waals surface area contributed by atoms with Gasteiger partial charge in [-0.2, -0.15) is 0 Å². The third-order valence-corrected chi connectivity index (χ3v) is 3.99. The molecule has 5 nitrogen and oxygen atoms in total. The molecule has 1 saturated heterocycles. The summed E-state index contributed by atoms with van der Waals surface area (Å²) in [6, 6.07) is 7.63. The van der Waals surface area contributed by atoms with Crippen molar-refractivity contribution in [1.29, 1.82) is 0 Å². The van der Waals surface area contributed by atoms with Crippen LogP contribution in [-0.4, -0.2) is 36.3 Å². The Kier molecular flexibility index (Phi) is 5.00. The number of anilines is 1. The Morgan fingerprint density at radius 1 is 1.35 bits per heavy atom. The first-order valence-corrected chi connectivity index (χ1v) is 7.42. The highest BCUT2D eigenvalue weighted by molar-refractivity contribution is 9.10. The van der Waals surface area contributed by atoms with Crippen molar-refractivity contribution in [2.24, 2.45) is 11.7 Å². The Hall–Kier alpha value is -1.56. The van der Waals surface area contributed by atoms with Gasteiger partial charge in [-0.05, 0) is 37.1 Å². The van der Waals surface area contributed by atoms with Crippen molar-refractivity contribution in [2.75, 3.05) is 25.0 Å². The van der Waals surface area contributed by atoms with Crippen LogP contribution >= 0.6 is 15.9 Å². The lowest BCUT2D eigenvalue weighted by Crippen LogP contribution is -2.45. The Morgan fingerprint density at radius 3 is 2.70 bits per heavy atom. The average Bonchev–Trinajstić information content (AvgIpc) is 2.46. The van der Waals surface area contributed by atoms with Crippen LogP contribution in [0, 0.1) is 5.92 Å². The summed E-state index contributed by atoms with van der Waals surface area (Å²) in [6.45, 7) is 1.37. The summed E-state index contributed by atoms with van der Waals surface area (Å²) >= 11 is 3.36. The van der Waals surface area contributed by atoms with Crippen LogP contribution in [0.2, 0.25) is 0 Å². The minimum atomic E-state index is -0.316. The lowest BCUT2D eigenvalue weighted by molar-refractivity contribution is -0.133. The fraction of sp³-hybridized carbons (Fsp3) is 0.429. The zero-order valence-electron chi connectivity index (χ0n) is 11.1. The lowest BCUT2D eigenvalue weighted by Gasteiger charge is -2.31. The number of hydrogen-bond donors (Lipinski definition) is 2. The van der Waals surface area contributed by atoms with Gasteiger partial charge in [-0.1, -0.05) is 15.9 Å². The molecule has 6 heteroatoms. The number of nitrogens with two attached hydrogens (primary N) is 1. The van der Waals surface area contributed by atoms with Crippen molar-refractivity contribution in [2.45, 2.75) is 12.8 Å². The molecule has 0 aliphatic carbocycles. The molecule has 0 aromatic heterocycles. The van der Waals surface area contributed by atoms with E-state index in [0.717, 1.165) is 23.0 Å². The molecule has 3 N–H and O–H groups in total. The van der Waals surface area contributed by atoms with Crippen molar-refractivity contribution >= 4 is 33.4 Å². The van der Waals surface area contributed by atoms with E-state index in [2.05, 4.69) is 21.2 Å². The van der Waals surface area contributed by atoms with Crippen LogP contribution in [0.5, 0.6) is 0 Å². The topological polar surface area (TPSA) is 75.4 Å². The molecule has 1 aliphatic rings. The van der Waals surface area contributed by atoms with Gasteiger partial charge in [0, 0.05) is 23.2 Å².